The van der Waals surface area contributed by atoms with Crippen LogP contribution in [0.5, 0.6) is 0 Å². The second-order valence-corrected chi connectivity index (χ2v) is 7.86. The van der Waals surface area contributed by atoms with Gasteiger partial charge in [-0.15, -0.1) is 10.2 Å². The van der Waals surface area contributed by atoms with E-state index in [1.807, 2.05) is 42.5 Å². The van der Waals surface area contributed by atoms with E-state index in [2.05, 4.69) is 19.7 Å². The normalized spacial score (nSPS) is 14.7. The quantitative estimate of drug-likeness (QED) is 0.613. The number of carbonyl (C=O) groups is 1. The molecule has 2 heterocycles. The van der Waals surface area contributed by atoms with Crippen LogP contribution >= 0.6 is 11.8 Å². The summed E-state index contributed by atoms with van der Waals surface area (Å²) in [7, 11) is 3.57. The van der Waals surface area contributed by atoms with Gasteiger partial charge in [0.1, 0.15) is 5.25 Å². The van der Waals surface area contributed by atoms with Gasteiger partial charge in [0.05, 0.1) is 0 Å². The number of hydrogen-bond acceptors (Lipinski definition) is 5. The molecule has 0 bridgehead atoms. The number of amides is 1. The standard InChI is InChI=1S/C20H21N5OS/c1-24(2)19(26)17(14-7-4-3-5-8-14)27-20-23-22-18(25(20)16-10-11-16)15-9-6-12-21-13-15/h3-9,12-13,16-17H,10-11H2,1-2H3/t17-/m0/s1. The molecule has 0 unspecified atom stereocenters. The lowest BCUT2D eigenvalue weighted by molar-refractivity contribution is -0.128. The molecular formula is C20H21N5OS. The van der Waals surface area contributed by atoms with Crippen molar-refractivity contribution in [1.29, 1.82) is 0 Å². The first-order valence-electron chi connectivity index (χ1n) is 8.93. The predicted molar refractivity (Wildman–Crippen MR) is 105 cm³/mol. The molecule has 1 saturated carbocycles. The summed E-state index contributed by atoms with van der Waals surface area (Å²) in [5.41, 5.74) is 1.91. The molecule has 0 aliphatic heterocycles. The smallest absolute Gasteiger partial charge is 0.240 e. The van der Waals surface area contributed by atoms with Gasteiger partial charge in [-0.3, -0.25) is 14.3 Å². The van der Waals surface area contributed by atoms with E-state index in [9.17, 15) is 4.79 Å². The van der Waals surface area contributed by atoms with E-state index >= 15 is 0 Å². The van der Waals surface area contributed by atoms with Gasteiger partial charge in [-0.2, -0.15) is 0 Å². The van der Waals surface area contributed by atoms with E-state index in [0.717, 1.165) is 34.9 Å². The lowest BCUT2D eigenvalue weighted by atomic mass is 10.1. The van der Waals surface area contributed by atoms with Crippen LogP contribution in [0.3, 0.4) is 0 Å². The molecule has 6 nitrogen and oxygen atoms in total. The van der Waals surface area contributed by atoms with E-state index < -0.39 is 0 Å². The van der Waals surface area contributed by atoms with Crippen LogP contribution in [-0.4, -0.2) is 44.7 Å². The lowest BCUT2D eigenvalue weighted by Crippen LogP contribution is -2.27. The number of rotatable bonds is 6. The fourth-order valence-corrected chi connectivity index (χ4v) is 4.19. The largest absolute Gasteiger partial charge is 0.348 e. The van der Waals surface area contributed by atoms with Crippen LogP contribution in [0, 0.1) is 0 Å². The molecule has 0 radical (unpaired) electrons. The van der Waals surface area contributed by atoms with Crippen LogP contribution in [0.4, 0.5) is 0 Å². The Morgan fingerprint density at radius 3 is 2.56 bits per heavy atom. The van der Waals surface area contributed by atoms with Crippen LogP contribution in [-0.2, 0) is 4.79 Å². The number of nitrogens with zero attached hydrogens (tertiary/aromatic N) is 5. The van der Waals surface area contributed by atoms with Gasteiger partial charge in [-0.1, -0.05) is 42.1 Å². The molecule has 1 atom stereocenters. The van der Waals surface area contributed by atoms with Crippen LogP contribution < -0.4 is 0 Å². The molecule has 1 aromatic carbocycles. The Labute approximate surface area is 162 Å². The maximum absolute atomic E-state index is 12.9. The van der Waals surface area contributed by atoms with Gasteiger partial charge in [0.25, 0.3) is 0 Å². The van der Waals surface area contributed by atoms with Crippen molar-refractivity contribution >= 4 is 17.7 Å². The highest BCUT2D eigenvalue weighted by Crippen LogP contribution is 2.44. The summed E-state index contributed by atoms with van der Waals surface area (Å²) in [6.45, 7) is 0. The molecule has 4 rings (SSSR count). The molecule has 0 saturated heterocycles. The Kier molecular flexibility index (Phi) is 4.94. The van der Waals surface area contributed by atoms with Gasteiger partial charge >= 0.3 is 0 Å². The summed E-state index contributed by atoms with van der Waals surface area (Å²) in [4.78, 5) is 18.7. The minimum atomic E-state index is -0.357. The lowest BCUT2D eigenvalue weighted by Gasteiger charge is -2.20. The highest BCUT2D eigenvalue weighted by Gasteiger charge is 2.33. The molecule has 27 heavy (non-hydrogen) atoms. The zero-order chi connectivity index (χ0) is 18.8. The monoisotopic (exact) mass is 379 g/mol. The summed E-state index contributed by atoms with van der Waals surface area (Å²) >= 11 is 1.47. The van der Waals surface area contributed by atoms with Crippen molar-refractivity contribution in [2.45, 2.75) is 29.3 Å². The summed E-state index contributed by atoms with van der Waals surface area (Å²) < 4.78 is 2.17. The maximum Gasteiger partial charge on any atom is 0.240 e. The molecular weight excluding hydrogens is 358 g/mol. The van der Waals surface area contributed by atoms with Gasteiger partial charge in [0, 0.05) is 38.1 Å². The summed E-state index contributed by atoms with van der Waals surface area (Å²) in [6, 6.07) is 14.1. The van der Waals surface area contributed by atoms with Gasteiger partial charge in [-0.05, 0) is 30.5 Å². The van der Waals surface area contributed by atoms with Crippen molar-refractivity contribution in [3.63, 3.8) is 0 Å². The average molecular weight is 379 g/mol. The van der Waals surface area contributed by atoms with E-state index in [0.29, 0.717) is 6.04 Å². The Morgan fingerprint density at radius 2 is 1.93 bits per heavy atom. The third-order valence-corrected chi connectivity index (χ3v) is 5.69. The van der Waals surface area contributed by atoms with Crippen molar-refractivity contribution < 1.29 is 4.79 Å². The Morgan fingerprint density at radius 1 is 1.15 bits per heavy atom. The zero-order valence-corrected chi connectivity index (χ0v) is 16.1. The molecule has 0 spiro atoms. The number of likely N-dealkylation sites (N-methyl/N-ethyl adjacent to an activating group) is 1. The molecule has 1 amide bonds. The number of carbonyl (C=O) groups excluding carboxylic acids is 1. The Balaban J connectivity index is 1.72. The van der Waals surface area contributed by atoms with E-state index in [-0.39, 0.29) is 11.2 Å². The number of thioether (sulfide) groups is 1. The molecule has 1 aliphatic rings. The summed E-state index contributed by atoms with van der Waals surface area (Å²) in [5, 5.41) is 9.29. The van der Waals surface area contributed by atoms with Gasteiger partial charge < -0.3 is 4.90 Å². The van der Waals surface area contributed by atoms with E-state index in [4.69, 9.17) is 0 Å². The first kappa shape index (κ1) is 17.7. The zero-order valence-electron chi connectivity index (χ0n) is 15.3. The molecule has 1 fully saturated rings. The van der Waals surface area contributed by atoms with Crippen molar-refractivity contribution in [3.8, 4) is 11.4 Å². The average Bonchev–Trinajstić information content (AvgIpc) is 3.46. The Bertz CT molecular complexity index is 922. The topological polar surface area (TPSA) is 63.9 Å². The van der Waals surface area contributed by atoms with Crippen molar-refractivity contribution in [1.82, 2.24) is 24.6 Å². The Hall–Kier alpha value is -2.67. The fourth-order valence-electron chi connectivity index (χ4n) is 2.94. The van der Waals surface area contributed by atoms with Gasteiger partial charge in [0.2, 0.25) is 5.91 Å². The number of aromatic nitrogens is 4. The van der Waals surface area contributed by atoms with E-state index in [1.54, 1.807) is 31.4 Å². The minimum Gasteiger partial charge on any atom is -0.348 e. The van der Waals surface area contributed by atoms with Crippen molar-refractivity contribution in [3.05, 3.63) is 60.4 Å². The van der Waals surface area contributed by atoms with Crippen LogP contribution in [0.15, 0.2) is 60.0 Å². The molecule has 3 aromatic rings. The second-order valence-electron chi connectivity index (χ2n) is 6.79. The van der Waals surface area contributed by atoms with Gasteiger partial charge in [0.15, 0.2) is 11.0 Å². The van der Waals surface area contributed by atoms with Crippen molar-refractivity contribution in [2.24, 2.45) is 0 Å². The number of benzene rings is 1. The molecule has 1 aliphatic carbocycles. The fraction of sp³-hybridized carbons (Fsp3) is 0.300. The van der Waals surface area contributed by atoms with Gasteiger partial charge in [-0.25, -0.2) is 0 Å². The second kappa shape index (κ2) is 7.52. The molecule has 2 aromatic heterocycles. The highest BCUT2D eigenvalue weighted by atomic mass is 32.2. The van der Waals surface area contributed by atoms with Crippen molar-refractivity contribution in [2.75, 3.05) is 14.1 Å². The molecule has 0 N–H and O–H groups in total. The number of hydrogen-bond donors (Lipinski definition) is 0. The van der Waals surface area contributed by atoms with E-state index in [1.165, 1.54) is 11.8 Å². The molecule has 138 valence electrons. The van der Waals surface area contributed by atoms with Crippen LogP contribution in [0.1, 0.15) is 29.7 Å². The highest BCUT2D eigenvalue weighted by molar-refractivity contribution is 8.00. The first-order valence-corrected chi connectivity index (χ1v) is 9.81. The minimum absolute atomic E-state index is 0.0412. The third-order valence-electron chi connectivity index (χ3n) is 4.49. The maximum atomic E-state index is 12.9. The molecule has 7 heteroatoms. The summed E-state index contributed by atoms with van der Waals surface area (Å²) in [6.07, 6.45) is 5.77. The predicted octanol–water partition coefficient (Wildman–Crippen LogP) is 3.60. The first-order chi connectivity index (χ1) is 13.1. The third kappa shape index (κ3) is 3.73. The van der Waals surface area contributed by atoms with Crippen LogP contribution in [0.25, 0.3) is 11.4 Å². The van der Waals surface area contributed by atoms with Crippen LogP contribution in [0.2, 0.25) is 0 Å². The number of pyridine rings is 1. The SMILES string of the molecule is CN(C)C(=O)[C@@H](Sc1nnc(-c2cccnc2)n1C1CC1)c1ccccc1. The summed E-state index contributed by atoms with van der Waals surface area (Å²) in [5.74, 6) is 0.858.